The van der Waals surface area contributed by atoms with Crippen molar-refractivity contribution in [2.45, 2.75) is 46.1 Å². The monoisotopic (exact) mass is 383 g/mol. The summed E-state index contributed by atoms with van der Waals surface area (Å²) in [7, 11) is 0. The van der Waals surface area contributed by atoms with Gasteiger partial charge in [-0.25, -0.2) is 9.59 Å². The van der Waals surface area contributed by atoms with Gasteiger partial charge in [-0.05, 0) is 42.2 Å². The van der Waals surface area contributed by atoms with E-state index in [1.165, 1.54) is 6.07 Å². The van der Waals surface area contributed by atoms with E-state index in [0.29, 0.717) is 17.5 Å². The smallest absolute Gasteiger partial charge is 0.351 e. The molecule has 2 aliphatic rings. The van der Waals surface area contributed by atoms with Gasteiger partial charge in [-0.1, -0.05) is 39.0 Å². The molecule has 1 aliphatic carbocycles. The van der Waals surface area contributed by atoms with Crippen LogP contribution < -0.4 is 5.63 Å². The average Bonchev–Trinajstić information content (AvgIpc) is 2.87. The van der Waals surface area contributed by atoms with Crippen LogP contribution in [-0.2, 0) is 9.53 Å². The highest BCUT2D eigenvalue weighted by molar-refractivity contribution is 5.94. The third-order valence-electron chi connectivity index (χ3n) is 5.92. The lowest BCUT2D eigenvalue weighted by atomic mass is 9.65. The van der Waals surface area contributed by atoms with Crippen molar-refractivity contribution in [1.82, 2.24) is 4.90 Å². The molecule has 1 aromatic carbocycles. The molecule has 2 atom stereocenters. The fraction of sp³-hybridized carbons (Fsp3) is 0.500. The van der Waals surface area contributed by atoms with E-state index in [9.17, 15) is 14.4 Å². The van der Waals surface area contributed by atoms with Crippen LogP contribution in [0.5, 0.6) is 0 Å². The van der Waals surface area contributed by atoms with Gasteiger partial charge in [-0.15, -0.1) is 0 Å². The van der Waals surface area contributed by atoms with E-state index in [1.807, 2.05) is 4.90 Å². The van der Waals surface area contributed by atoms with E-state index in [0.717, 1.165) is 19.3 Å². The zero-order valence-corrected chi connectivity index (χ0v) is 16.5. The number of benzene rings is 1. The molecule has 0 spiro atoms. The van der Waals surface area contributed by atoms with Gasteiger partial charge in [-0.2, -0.15) is 0 Å². The summed E-state index contributed by atoms with van der Waals surface area (Å²) in [4.78, 5) is 39.0. The third-order valence-corrected chi connectivity index (χ3v) is 5.92. The standard InChI is InChI=1S/C22H25NO5/c1-21(2)9-15-10-22(3,12-21)13-23(15)18(24)11-27-19(25)16-8-14-6-4-5-7-17(14)28-20(16)26/h4-8,15H,9-13H2,1-3H3/t15-,22-/m1/s1. The Balaban J connectivity index is 1.45. The Bertz CT molecular complexity index is 1010. The summed E-state index contributed by atoms with van der Waals surface area (Å²) >= 11 is 0. The molecule has 1 aromatic heterocycles. The summed E-state index contributed by atoms with van der Waals surface area (Å²) in [5.74, 6) is -1.04. The fourth-order valence-corrected chi connectivity index (χ4v) is 5.24. The largest absolute Gasteiger partial charge is 0.452 e. The van der Waals surface area contributed by atoms with Crippen molar-refractivity contribution in [3.63, 3.8) is 0 Å². The van der Waals surface area contributed by atoms with Gasteiger partial charge in [0.1, 0.15) is 11.1 Å². The van der Waals surface area contributed by atoms with E-state index < -0.39 is 11.6 Å². The Labute approximate surface area is 163 Å². The number of carbonyl (C=O) groups excluding carboxylic acids is 2. The maximum atomic E-state index is 12.7. The van der Waals surface area contributed by atoms with Crippen molar-refractivity contribution >= 4 is 22.8 Å². The number of amides is 1. The van der Waals surface area contributed by atoms with Gasteiger partial charge < -0.3 is 14.1 Å². The van der Waals surface area contributed by atoms with Crippen molar-refractivity contribution in [3.8, 4) is 0 Å². The predicted octanol–water partition coefficient (Wildman–Crippen LogP) is 3.38. The Morgan fingerprint density at radius 3 is 2.75 bits per heavy atom. The van der Waals surface area contributed by atoms with Crippen molar-refractivity contribution in [2.24, 2.45) is 10.8 Å². The highest BCUT2D eigenvalue weighted by Gasteiger charge is 2.50. The number of nitrogens with zero attached hydrogens (tertiary/aromatic N) is 1. The number of esters is 1. The van der Waals surface area contributed by atoms with Crippen LogP contribution in [-0.4, -0.2) is 36.0 Å². The zero-order valence-electron chi connectivity index (χ0n) is 16.5. The van der Waals surface area contributed by atoms with Crippen LogP contribution in [0.3, 0.4) is 0 Å². The SMILES string of the molecule is CC1(C)C[C@@H]2C[C@@](C)(CN2C(=O)COC(=O)c2cc3ccccc3oc2=O)C1. The first kappa shape index (κ1) is 18.7. The van der Waals surface area contributed by atoms with E-state index in [2.05, 4.69) is 20.8 Å². The number of carbonyl (C=O) groups is 2. The molecule has 148 valence electrons. The van der Waals surface area contributed by atoms with E-state index in [4.69, 9.17) is 9.15 Å². The highest BCUT2D eigenvalue weighted by atomic mass is 16.5. The molecule has 28 heavy (non-hydrogen) atoms. The molecule has 2 aromatic rings. The van der Waals surface area contributed by atoms with Crippen LogP contribution in [0.4, 0.5) is 0 Å². The number of hydrogen-bond acceptors (Lipinski definition) is 5. The first-order valence-corrected chi connectivity index (χ1v) is 9.65. The molecule has 4 rings (SSSR count). The number of fused-ring (bicyclic) bond motifs is 3. The number of ether oxygens (including phenoxy) is 1. The maximum absolute atomic E-state index is 12.7. The molecule has 6 nitrogen and oxygen atoms in total. The Morgan fingerprint density at radius 2 is 1.96 bits per heavy atom. The molecule has 1 amide bonds. The minimum atomic E-state index is -0.832. The van der Waals surface area contributed by atoms with Crippen LogP contribution in [0.15, 0.2) is 39.5 Å². The molecule has 2 bridgehead atoms. The second-order valence-corrected chi connectivity index (χ2v) is 9.30. The Kier molecular flexibility index (Phi) is 4.32. The van der Waals surface area contributed by atoms with E-state index in [-0.39, 0.29) is 34.9 Å². The molecule has 0 N–H and O–H groups in total. The molecule has 1 aliphatic heterocycles. The van der Waals surface area contributed by atoms with Crippen molar-refractivity contribution in [1.29, 1.82) is 0 Å². The number of hydrogen-bond donors (Lipinski definition) is 0. The van der Waals surface area contributed by atoms with Gasteiger partial charge in [0.2, 0.25) is 0 Å². The lowest BCUT2D eigenvalue weighted by Crippen LogP contribution is -2.40. The predicted molar refractivity (Wildman–Crippen MR) is 104 cm³/mol. The van der Waals surface area contributed by atoms with Crippen LogP contribution in [0, 0.1) is 10.8 Å². The zero-order chi connectivity index (χ0) is 20.1. The summed E-state index contributed by atoms with van der Waals surface area (Å²) in [6, 6.07) is 8.56. The van der Waals surface area contributed by atoms with Gasteiger partial charge in [0, 0.05) is 18.0 Å². The molecule has 0 radical (unpaired) electrons. The normalized spacial score (nSPS) is 25.7. The summed E-state index contributed by atoms with van der Waals surface area (Å²) in [5, 5.41) is 0.629. The highest BCUT2D eigenvalue weighted by Crippen LogP contribution is 2.52. The second kappa shape index (κ2) is 6.47. The van der Waals surface area contributed by atoms with Crippen LogP contribution in [0.2, 0.25) is 0 Å². The van der Waals surface area contributed by atoms with Gasteiger partial charge in [-0.3, -0.25) is 4.79 Å². The molecule has 6 heteroatoms. The van der Waals surface area contributed by atoms with Crippen LogP contribution in [0.1, 0.15) is 50.4 Å². The summed E-state index contributed by atoms with van der Waals surface area (Å²) in [5.41, 5.74) is -0.235. The minimum absolute atomic E-state index is 0.117. The fourth-order valence-electron chi connectivity index (χ4n) is 5.24. The van der Waals surface area contributed by atoms with Crippen molar-refractivity contribution < 1.29 is 18.7 Å². The lowest BCUT2D eigenvalue weighted by molar-refractivity contribution is -0.135. The van der Waals surface area contributed by atoms with Crippen molar-refractivity contribution in [2.75, 3.05) is 13.2 Å². The average molecular weight is 383 g/mol. The lowest BCUT2D eigenvalue weighted by Gasteiger charge is -2.39. The summed E-state index contributed by atoms with van der Waals surface area (Å²) in [6.45, 7) is 7.03. The summed E-state index contributed by atoms with van der Waals surface area (Å²) in [6.07, 6.45) is 3.03. The van der Waals surface area contributed by atoms with Gasteiger partial charge in [0.05, 0.1) is 0 Å². The van der Waals surface area contributed by atoms with E-state index in [1.54, 1.807) is 24.3 Å². The quantitative estimate of drug-likeness (QED) is 0.600. The van der Waals surface area contributed by atoms with Crippen molar-refractivity contribution in [3.05, 3.63) is 46.3 Å². The minimum Gasteiger partial charge on any atom is -0.452 e. The maximum Gasteiger partial charge on any atom is 0.351 e. The molecule has 1 saturated carbocycles. The molecular formula is C22H25NO5. The van der Waals surface area contributed by atoms with Gasteiger partial charge in [0.15, 0.2) is 6.61 Å². The summed E-state index contributed by atoms with van der Waals surface area (Å²) < 4.78 is 10.3. The molecule has 2 heterocycles. The number of rotatable bonds is 3. The van der Waals surface area contributed by atoms with E-state index >= 15 is 0 Å². The number of para-hydroxylation sites is 1. The molecular weight excluding hydrogens is 358 g/mol. The number of likely N-dealkylation sites (tertiary alicyclic amines) is 1. The molecule has 0 unspecified atom stereocenters. The Morgan fingerprint density at radius 1 is 1.21 bits per heavy atom. The van der Waals surface area contributed by atoms with Crippen LogP contribution >= 0.6 is 0 Å². The Hall–Kier alpha value is -2.63. The topological polar surface area (TPSA) is 76.8 Å². The first-order chi connectivity index (χ1) is 13.2. The molecule has 2 fully saturated rings. The molecule has 1 saturated heterocycles. The van der Waals surface area contributed by atoms with Crippen LogP contribution in [0.25, 0.3) is 11.0 Å². The third kappa shape index (κ3) is 3.43. The second-order valence-electron chi connectivity index (χ2n) is 9.30. The van der Waals surface area contributed by atoms with Gasteiger partial charge >= 0.3 is 11.6 Å². The van der Waals surface area contributed by atoms with Gasteiger partial charge in [0.25, 0.3) is 5.91 Å². The first-order valence-electron chi connectivity index (χ1n) is 9.65.